The zero-order chi connectivity index (χ0) is 22.2. The molecule has 0 spiro atoms. The highest BCUT2D eigenvalue weighted by atomic mass is 19.1. The van der Waals surface area contributed by atoms with Gasteiger partial charge < -0.3 is 29.3 Å². The number of methoxy groups -OCH3 is 3. The van der Waals surface area contributed by atoms with Crippen molar-refractivity contribution in [2.45, 2.75) is 5.66 Å². The van der Waals surface area contributed by atoms with E-state index in [1.165, 1.54) is 33.5 Å². The molecular formula is C20H20FN5O5. The summed E-state index contributed by atoms with van der Waals surface area (Å²) in [5.41, 5.74) is 6.24. The summed E-state index contributed by atoms with van der Waals surface area (Å²) < 4.78 is 35.7. The van der Waals surface area contributed by atoms with Crippen LogP contribution in [0.4, 0.5) is 10.1 Å². The van der Waals surface area contributed by atoms with Crippen molar-refractivity contribution in [3.63, 3.8) is 0 Å². The maximum atomic E-state index is 14.8. The molecule has 1 aliphatic rings. The molecule has 1 atom stereocenters. The first-order valence-corrected chi connectivity index (χ1v) is 9.09. The number of hydrogen-bond acceptors (Lipinski definition) is 9. The Labute approximate surface area is 175 Å². The highest BCUT2D eigenvalue weighted by Crippen LogP contribution is 2.40. The fraction of sp³-hybridized carbons (Fsp3) is 0.200. The number of benzene rings is 2. The Kier molecular flexibility index (Phi) is 5.03. The smallest absolute Gasteiger partial charge is 0.417 e. The molecule has 0 saturated heterocycles. The number of rotatable bonds is 5. The van der Waals surface area contributed by atoms with E-state index in [2.05, 4.69) is 20.6 Å². The molecule has 2 aromatic carbocycles. The molecule has 1 aromatic heterocycles. The number of halogens is 1. The zero-order valence-corrected chi connectivity index (χ0v) is 16.9. The normalized spacial score (nSPS) is 18.1. The third-order valence-corrected chi connectivity index (χ3v) is 4.80. The Morgan fingerprint density at radius 1 is 1.13 bits per heavy atom. The first kappa shape index (κ1) is 20.3. The minimum absolute atomic E-state index is 0.180. The van der Waals surface area contributed by atoms with Crippen molar-refractivity contribution in [1.82, 2.24) is 10.3 Å². The molecule has 0 saturated carbocycles. The monoisotopic (exact) mass is 429 g/mol. The van der Waals surface area contributed by atoms with Gasteiger partial charge in [0.25, 0.3) is 0 Å². The summed E-state index contributed by atoms with van der Waals surface area (Å²) in [6.45, 7) is 0. The van der Waals surface area contributed by atoms with Gasteiger partial charge >= 0.3 is 5.76 Å². The van der Waals surface area contributed by atoms with Crippen molar-refractivity contribution < 1.29 is 23.0 Å². The van der Waals surface area contributed by atoms with E-state index in [1.54, 1.807) is 18.2 Å². The second-order valence-corrected chi connectivity index (χ2v) is 6.65. The molecule has 31 heavy (non-hydrogen) atoms. The van der Waals surface area contributed by atoms with Gasteiger partial charge in [-0.25, -0.2) is 14.2 Å². The van der Waals surface area contributed by atoms with Crippen LogP contribution in [0.25, 0.3) is 11.1 Å². The standard InChI is InChI=1S/C20H20FN5O5/c1-28-14-7-11(8-15(29-2)17(14)30-3)24-18-23-9-16(21)20(22,26-18)10-4-5-13-12(6-10)25-19(27)31-13/h4-9H,22H2,1-3H3,(H,25,27)(H2,23,24,26). The fourth-order valence-corrected chi connectivity index (χ4v) is 3.26. The third kappa shape index (κ3) is 3.55. The summed E-state index contributed by atoms with van der Waals surface area (Å²) in [6, 6.07) is 7.95. The van der Waals surface area contributed by atoms with Crippen LogP contribution in [0.1, 0.15) is 5.56 Å². The summed E-state index contributed by atoms with van der Waals surface area (Å²) in [6.07, 6.45) is 1.01. The molecule has 11 heteroatoms. The number of hydrogen-bond donors (Lipinski definition) is 4. The Hall–Kier alpha value is -3.99. The lowest BCUT2D eigenvalue weighted by Crippen LogP contribution is -2.56. The molecule has 0 radical (unpaired) electrons. The van der Waals surface area contributed by atoms with E-state index in [0.29, 0.717) is 39.6 Å². The van der Waals surface area contributed by atoms with Crippen molar-refractivity contribution in [2.75, 3.05) is 26.6 Å². The van der Waals surface area contributed by atoms with Crippen LogP contribution >= 0.6 is 0 Å². The van der Waals surface area contributed by atoms with Crippen molar-refractivity contribution in [3.8, 4) is 17.2 Å². The number of oxazole rings is 1. The fourth-order valence-electron chi connectivity index (χ4n) is 3.26. The minimum Gasteiger partial charge on any atom is -0.493 e. The van der Waals surface area contributed by atoms with E-state index in [1.807, 2.05) is 0 Å². The number of anilines is 1. The molecular weight excluding hydrogens is 409 g/mol. The number of aromatic nitrogens is 1. The number of H-pyrrole nitrogens is 1. The van der Waals surface area contributed by atoms with Gasteiger partial charge in [0, 0.05) is 23.4 Å². The largest absolute Gasteiger partial charge is 0.493 e. The van der Waals surface area contributed by atoms with Gasteiger partial charge in [-0.15, -0.1) is 0 Å². The lowest BCUT2D eigenvalue weighted by Gasteiger charge is -2.33. The van der Waals surface area contributed by atoms with Gasteiger partial charge in [0.05, 0.1) is 33.0 Å². The summed E-state index contributed by atoms with van der Waals surface area (Å²) in [5.74, 6) is 0.131. The zero-order valence-electron chi connectivity index (χ0n) is 16.9. The van der Waals surface area contributed by atoms with E-state index < -0.39 is 17.2 Å². The average molecular weight is 429 g/mol. The topological polar surface area (TPSA) is 136 Å². The minimum atomic E-state index is -1.73. The number of nitrogens with one attached hydrogen (secondary N) is 3. The second-order valence-electron chi connectivity index (χ2n) is 6.65. The molecule has 4 rings (SSSR count). The van der Waals surface area contributed by atoms with Gasteiger partial charge in [0.1, 0.15) is 0 Å². The van der Waals surface area contributed by atoms with Crippen LogP contribution < -0.4 is 36.3 Å². The maximum absolute atomic E-state index is 14.8. The summed E-state index contributed by atoms with van der Waals surface area (Å²) in [5, 5.41) is 5.88. The predicted octanol–water partition coefficient (Wildman–Crippen LogP) is 2.14. The van der Waals surface area contributed by atoms with Crippen LogP contribution in [-0.2, 0) is 5.66 Å². The van der Waals surface area contributed by atoms with Crippen LogP contribution in [0.3, 0.4) is 0 Å². The Morgan fingerprint density at radius 3 is 2.48 bits per heavy atom. The maximum Gasteiger partial charge on any atom is 0.417 e. The van der Waals surface area contributed by atoms with Gasteiger partial charge in [-0.3, -0.25) is 10.7 Å². The Bertz CT molecular complexity index is 1240. The number of fused-ring (bicyclic) bond motifs is 1. The number of nitrogens with zero attached hydrogens (tertiary/aromatic N) is 1. The molecule has 0 fully saturated rings. The molecule has 1 aliphatic heterocycles. The van der Waals surface area contributed by atoms with Crippen LogP contribution in [-0.4, -0.2) is 32.3 Å². The van der Waals surface area contributed by atoms with Crippen molar-refractivity contribution in [3.05, 3.63) is 58.5 Å². The molecule has 10 nitrogen and oxygen atoms in total. The molecule has 1 unspecified atom stereocenters. The molecule has 162 valence electrons. The molecule has 3 aromatic rings. The van der Waals surface area contributed by atoms with Gasteiger partial charge in [-0.05, 0) is 12.1 Å². The van der Waals surface area contributed by atoms with E-state index in [4.69, 9.17) is 24.4 Å². The second kappa shape index (κ2) is 7.69. The average Bonchev–Trinajstić information content (AvgIpc) is 3.14. The molecule has 0 bridgehead atoms. The van der Waals surface area contributed by atoms with E-state index in [9.17, 15) is 9.18 Å². The third-order valence-electron chi connectivity index (χ3n) is 4.80. The van der Waals surface area contributed by atoms with Crippen LogP contribution in [0.5, 0.6) is 17.2 Å². The molecule has 5 N–H and O–H groups in total. The van der Waals surface area contributed by atoms with Gasteiger partial charge in [-0.2, -0.15) is 0 Å². The van der Waals surface area contributed by atoms with Gasteiger partial charge in [-0.1, -0.05) is 6.07 Å². The van der Waals surface area contributed by atoms with E-state index in [-0.39, 0.29) is 5.96 Å². The summed E-state index contributed by atoms with van der Waals surface area (Å²) >= 11 is 0. The number of ether oxygens (including phenoxy) is 3. The molecule has 0 aliphatic carbocycles. The lowest BCUT2D eigenvalue weighted by atomic mass is 9.98. The number of guanidine groups is 1. The van der Waals surface area contributed by atoms with Crippen LogP contribution in [0, 0.1) is 0 Å². The lowest BCUT2D eigenvalue weighted by molar-refractivity contribution is 0.324. The van der Waals surface area contributed by atoms with Gasteiger partial charge in [0.15, 0.2) is 28.6 Å². The van der Waals surface area contributed by atoms with Crippen LogP contribution in [0.2, 0.25) is 0 Å². The highest BCUT2D eigenvalue weighted by Gasteiger charge is 2.37. The Balaban J connectivity index is 1.66. The van der Waals surface area contributed by atoms with E-state index >= 15 is 0 Å². The SMILES string of the molecule is COc1cc(NC2=NC=C(F)C(N)(c3ccc4oc(=O)[nH]c4c3)N2)cc(OC)c1OC. The summed E-state index contributed by atoms with van der Waals surface area (Å²) in [7, 11) is 4.49. The molecule has 0 amide bonds. The predicted molar refractivity (Wildman–Crippen MR) is 112 cm³/mol. The number of aliphatic imine (C=N–C) groups is 1. The van der Waals surface area contributed by atoms with Crippen molar-refractivity contribution in [1.29, 1.82) is 0 Å². The first-order valence-electron chi connectivity index (χ1n) is 9.09. The number of nitrogens with two attached hydrogens (primary N) is 1. The molecule has 2 heterocycles. The van der Waals surface area contributed by atoms with Gasteiger partial charge in [0.2, 0.25) is 11.7 Å². The number of aromatic amines is 1. The van der Waals surface area contributed by atoms with E-state index in [0.717, 1.165) is 6.20 Å². The summed E-state index contributed by atoms with van der Waals surface area (Å²) in [4.78, 5) is 18.0. The first-order chi connectivity index (χ1) is 14.9. The van der Waals surface area contributed by atoms with Crippen molar-refractivity contribution >= 4 is 22.7 Å². The Morgan fingerprint density at radius 2 is 1.84 bits per heavy atom. The quantitative estimate of drug-likeness (QED) is 0.484. The van der Waals surface area contributed by atoms with Crippen molar-refractivity contribution in [2.24, 2.45) is 10.7 Å². The highest BCUT2D eigenvalue weighted by molar-refractivity contribution is 5.96. The van der Waals surface area contributed by atoms with Crippen LogP contribution in [0.15, 0.2) is 56.6 Å².